The summed E-state index contributed by atoms with van der Waals surface area (Å²) in [5.74, 6) is -0.985. The molecule has 0 saturated heterocycles. The fourth-order valence-electron chi connectivity index (χ4n) is 4.16. The van der Waals surface area contributed by atoms with Gasteiger partial charge in [0.1, 0.15) is 11.5 Å². The van der Waals surface area contributed by atoms with Gasteiger partial charge < -0.3 is 15.7 Å². The van der Waals surface area contributed by atoms with Gasteiger partial charge in [-0.1, -0.05) is 6.07 Å². The quantitative estimate of drug-likeness (QED) is 0.490. The summed E-state index contributed by atoms with van der Waals surface area (Å²) >= 11 is 0. The van der Waals surface area contributed by atoms with Crippen LogP contribution in [0.3, 0.4) is 0 Å². The normalized spacial score (nSPS) is 18.7. The Morgan fingerprint density at radius 1 is 1.16 bits per heavy atom. The van der Waals surface area contributed by atoms with Crippen LogP contribution in [0.4, 0.5) is 25.8 Å². The molecule has 1 saturated carbocycles. The van der Waals surface area contributed by atoms with E-state index in [9.17, 15) is 14.3 Å². The van der Waals surface area contributed by atoms with Crippen LogP contribution >= 0.6 is 0 Å². The van der Waals surface area contributed by atoms with Gasteiger partial charge in [0.2, 0.25) is 0 Å². The molecule has 5 nitrogen and oxygen atoms in total. The van der Waals surface area contributed by atoms with E-state index in [1.165, 1.54) is 18.3 Å². The summed E-state index contributed by atoms with van der Waals surface area (Å²) in [5, 5.41) is 15.0. The third kappa shape index (κ3) is 5.51. The summed E-state index contributed by atoms with van der Waals surface area (Å²) in [7, 11) is 0. The average Bonchev–Trinajstić information content (AvgIpc) is 2.78. The number of nitrogens with zero attached hydrogens (tertiary/aromatic N) is 1. The predicted octanol–water partition coefficient (Wildman–Crippen LogP) is 5.58. The number of hydrogen-bond acceptors (Lipinski definition) is 4. The van der Waals surface area contributed by atoms with E-state index in [1.807, 2.05) is 0 Å². The zero-order valence-electron chi connectivity index (χ0n) is 18.8. The highest BCUT2D eigenvalue weighted by atomic mass is 19.1. The molecule has 172 valence electrons. The second-order valence-electron chi connectivity index (χ2n) is 8.55. The molecule has 0 aliphatic heterocycles. The van der Waals surface area contributed by atoms with Crippen LogP contribution in [0.15, 0.2) is 29.3 Å². The molecule has 3 N–H and O–H groups in total. The Labute approximate surface area is 188 Å². The third-order valence-corrected chi connectivity index (χ3v) is 6.09. The Balaban J connectivity index is 1.87. The van der Waals surface area contributed by atoms with Gasteiger partial charge in [-0.2, -0.15) is 0 Å². The first kappa shape index (κ1) is 23.9. The van der Waals surface area contributed by atoms with Crippen molar-refractivity contribution in [3.8, 4) is 0 Å². The zero-order valence-corrected chi connectivity index (χ0v) is 18.8. The second-order valence-corrected chi connectivity index (χ2v) is 8.55. The van der Waals surface area contributed by atoms with E-state index in [0.29, 0.717) is 23.9 Å². The Bertz CT molecular complexity index is 999. The molecule has 0 spiro atoms. The van der Waals surface area contributed by atoms with Crippen molar-refractivity contribution in [2.45, 2.75) is 46.5 Å². The van der Waals surface area contributed by atoms with E-state index in [1.54, 1.807) is 32.9 Å². The van der Waals surface area contributed by atoms with Crippen LogP contribution in [0.1, 0.15) is 54.1 Å². The predicted molar refractivity (Wildman–Crippen MR) is 124 cm³/mol. The molecular weight excluding hydrogens is 412 g/mol. The first-order valence-corrected chi connectivity index (χ1v) is 11.1. The Kier molecular flexibility index (Phi) is 7.96. The maximum Gasteiger partial charge on any atom is 0.253 e. The Hall–Kier alpha value is -2.80. The molecule has 7 heteroatoms. The van der Waals surface area contributed by atoms with Crippen LogP contribution in [0.2, 0.25) is 0 Å². The van der Waals surface area contributed by atoms with Crippen molar-refractivity contribution in [3.05, 3.63) is 52.6 Å². The molecule has 32 heavy (non-hydrogen) atoms. The molecule has 0 heterocycles. The molecule has 1 fully saturated rings. The van der Waals surface area contributed by atoms with Crippen molar-refractivity contribution in [1.29, 1.82) is 0 Å². The molecule has 0 unspecified atom stereocenters. The molecule has 0 radical (unpaired) electrons. The van der Waals surface area contributed by atoms with E-state index in [2.05, 4.69) is 15.6 Å². The highest BCUT2D eigenvalue weighted by molar-refractivity contribution is 6.01. The van der Waals surface area contributed by atoms with Crippen molar-refractivity contribution < 1.29 is 18.7 Å². The van der Waals surface area contributed by atoms with Crippen LogP contribution in [0.5, 0.6) is 0 Å². The number of carbonyl (C=O) groups is 1. The minimum Gasteiger partial charge on any atom is -0.396 e. The number of nitrogens with one attached hydrogen (secondary N) is 2. The molecule has 1 aliphatic rings. The van der Waals surface area contributed by atoms with Crippen LogP contribution in [0.25, 0.3) is 0 Å². The number of aryl methyl sites for hydroxylation is 2. The first-order chi connectivity index (χ1) is 15.3. The van der Waals surface area contributed by atoms with Crippen molar-refractivity contribution in [2.24, 2.45) is 16.8 Å². The highest BCUT2D eigenvalue weighted by Gasteiger charge is 2.24. The van der Waals surface area contributed by atoms with Crippen LogP contribution in [-0.2, 0) is 0 Å². The van der Waals surface area contributed by atoms with E-state index in [-0.39, 0.29) is 29.2 Å². The van der Waals surface area contributed by atoms with Gasteiger partial charge in [0.15, 0.2) is 5.82 Å². The van der Waals surface area contributed by atoms with Crippen molar-refractivity contribution in [3.63, 3.8) is 0 Å². The number of anilines is 2. The molecule has 2 aromatic rings. The van der Waals surface area contributed by atoms with E-state index < -0.39 is 17.5 Å². The monoisotopic (exact) mass is 443 g/mol. The smallest absolute Gasteiger partial charge is 0.253 e. The lowest BCUT2D eigenvalue weighted by Gasteiger charge is -2.27. The molecule has 0 bridgehead atoms. The number of amides is 1. The fourth-order valence-corrected chi connectivity index (χ4v) is 4.16. The lowest BCUT2D eigenvalue weighted by molar-refractivity contribution is 0.0937. The van der Waals surface area contributed by atoms with Crippen LogP contribution < -0.4 is 10.6 Å². The van der Waals surface area contributed by atoms with Crippen LogP contribution in [0, 0.1) is 37.3 Å². The number of aliphatic hydroxyl groups excluding tert-OH is 1. The summed E-state index contributed by atoms with van der Waals surface area (Å²) in [4.78, 5) is 17.1. The molecule has 1 amide bonds. The van der Waals surface area contributed by atoms with Gasteiger partial charge in [0.25, 0.3) is 5.91 Å². The molecule has 0 aromatic heterocycles. The minimum absolute atomic E-state index is 0.0844. The SMILES string of the molecule is CC=Nc1c(C)cc(C(=O)NCC2CCC(CO)CC2)c(Nc2ccc(C)cc2F)c1F. The summed E-state index contributed by atoms with van der Waals surface area (Å²) in [6.07, 6.45) is 5.22. The lowest BCUT2D eigenvalue weighted by atomic mass is 9.82. The standard InChI is InChI=1S/C25H31F2N3O2/c1-4-28-23-16(3)12-19(25(32)29-13-17-6-8-18(14-31)9-7-17)24(22(23)27)30-21-10-5-15(2)11-20(21)26/h4-5,10-12,17-18,30-31H,6-9,13-14H2,1-3H3,(H,29,32). The number of carbonyl (C=O) groups excluding carboxylic acids is 1. The largest absolute Gasteiger partial charge is 0.396 e. The van der Waals surface area contributed by atoms with Gasteiger partial charge in [-0.25, -0.2) is 8.78 Å². The van der Waals surface area contributed by atoms with Gasteiger partial charge in [0, 0.05) is 19.4 Å². The maximum absolute atomic E-state index is 15.4. The third-order valence-electron chi connectivity index (χ3n) is 6.09. The summed E-state index contributed by atoms with van der Waals surface area (Å²) in [6.45, 7) is 5.81. The van der Waals surface area contributed by atoms with Crippen molar-refractivity contribution >= 4 is 29.2 Å². The first-order valence-electron chi connectivity index (χ1n) is 11.1. The van der Waals surface area contributed by atoms with Gasteiger partial charge in [-0.3, -0.25) is 9.79 Å². The number of aliphatic imine (C=N–C) groups is 1. The average molecular weight is 444 g/mol. The van der Waals surface area contributed by atoms with Gasteiger partial charge in [-0.15, -0.1) is 0 Å². The number of halogens is 2. The molecule has 0 atom stereocenters. The van der Waals surface area contributed by atoms with Crippen molar-refractivity contribution in [2.75, 3.05) is 18.5 Å². The maximum atomic E-state index is 15.4. The number of hydrogen-bond donors (Lipinski definition) is 3. The number of aliphatic hydroxyl groups is 1. The summed E-state index contributed by atoms with van der Waals surface area (Å²) in [6, 6.07) is 6.17. The van der Waals surface area contributed by atoms with E-state index >= 15 is 4.39 Å². The molecular formula is C25H31F2N3O2. The number of rotatable bonds is 7. The summed E-state index contributed by atoms with van der Waals surface area (Å²) < 4.78 is 29.9. The van der Waals surface area contributed by atoms with Gasteiger partial charge in [-0.05, 0) is 87.6 Å². The number of benzene rings is 2. The highest BCUT2D eigenvalue weighted by Crippen LogP contribution is 2.35. The topological polar surface area (TPSA) is 73.7 Å². The Morgan fingerprint density at radius 2 is 1.84 bits per heavy atom. The van der Waals surface area contributed by atoms with E-state index in [0.717, 1.165) is 31.2 Å². The van der Waals surface area contributed by atoms with E-state index in [4.69, 9.17) is 0 Å². The summed E-state index contributed by atoms with van der Waals surface area (Å²) in [5.41, 5.74) is 1.47. The molecule has 1 aliphatic carbocycles. The fraction of sp³-hybridized carbons (Fsp3) is 0.440. The van der Waals surface area contributed by atoms with Crippen LogP contribution in [-0.4, -0.2) is 30.4 Å². The molecule has 3 rings (SSSR count). The van der Waals surface area contributed by atoms with Gasteiger partial charge in [0.05, 0.1) is 16.9 Å². The zero-order chi connectivity index (χ0) is 23.3. The molecule has 2 aromatic carbocycles. The minimum atomic E-state index is -0.698. The van der Waals surface area contributed by atoms with Gasteiger partial charge >= 0.3 is 0 Å². The lowest BCUT2D eigenvalue weighted by Crippen LogP contribution is -2.32. The van der Waals surface area contributed by atoms with Crippen molar-refractivity contribution in [1.82, 2.24) is 5.32 Å². The Morgan fingerprint density at radius 3 is 2.47 bits per heavy atom. The second kappa shape index (κ2) is 10.7.